The third-order valence-electron chi connectivity index (χ3n) is 0.840. The van der Waals surface area contributed by atoms with Gasteiger partial charge in [0.25, 0.3) is 0 Å². The van der Waals surface area contributed by atoms with Crippen LogP contribution >= 0.6 is 11.3 Å². The molecule has 4 heteroatoms. The first-order valence-electron chi connectivity index (χ1n) is 2.40. The third-order valence-corrected chi connectivity index (χ3v) is 1.69. The standard InChI is InChI=1S/C5H5NO2S/c7-6-8-4-5-2-1-3-9-5/h1-3H,4H2. The Morgan fingerprint density at radius 2 is 2.67 bits per heavy atom. The normalized spacial score (nSPS) is 8.89. The maximum atomic E-state index is 9.43. The summed E-state index contributed by atoms with van der Waals surface area (Å²) < 4.78 is 0. The Balaban J connectivity index is 2.38. The molecule has 0 aliphatic carbocycles. The molecule has 0 saturated heterocycles. The zero-order chi connectivity index (χ0) is 6.53. The van der Waals surface area contributed by atoms with E-state index in [1.54, 1.807) is 0 Å². The van der Waals surface area contributed by atoms with Gasteiger partial charge in [-0.05, 0) is 11.4 Å². The van der Waals surface area contributed by atoms with Crippen molar-refractivity contribution in [3.63, 3.8) is 0 Å². The van der Waals surface area contributed by atoms with Crippen LogP contribution in [0.3, 0.4) is 0 Å². The first kappa shape index (κ1) is 6.22. The number of rotatable bonds is 3. The zero-order valence-corrected chi connectivity index (χ0v) is 5.43. The van der Waals surface area contributed by atoms with Crippen molar-refractivity contribution in [3.8, 4) is 0 Å². The van der Waals surface area contributed by atoms with Crippen molar-refractivity contribution in [2.24, 2.45) is 5.34 Å². The molecule has 3 nitrogen and oxygen atoms in total. The van der Waals surface area contributed by atoms with Gasteiger partial charge in [0.2, 0.25) is 0 Å². The van der Waals surface area contributed by atoms with Crippen LogP contribution in [0, 0.1) is 4.91 Å². The van der Waals surface area contributed by atoms with Gasteiger partial charge in [-0.15, -0.1) is 16.2 Å². The summed E-state index contributed by atoms with van der Waals surface area (Å²) in [6.07, 6.45) is 0. The van der Waals surface area contributed by atoms with E-state index in [0.29, 0.717) is 6.61 Å². The highest BCUT2D eigenvalue weighted by atomic mass is 32.1. The Hall–Kier alpha value is -0.900. The van der Waals surface area contributed by atoms with Gasteiger partial charge in [-0.2, -0.15) is 0 Å². The summed E-state index contributed by atoms with van der Waals surface area (Å²) in [4.78, 5) is 14.7. The minimum atomic E-state index is 0.293. The van der Waals surface area contributed by atoms with E-state index >= 15 is 0 Å². The number of hydrogen-bond acceptors (Lipinski definition) is 4. The molecule has 0 aromatic carbocycles. The summed E-state index contributed by atoms with van der Waals surface area (Å²) in [5.74, 6) is 0. The van der Waals surface area contributed by atoms with Crippen LogP contribution in [0.5, 0.6) is 0 Å². The average molecular weight is 143 g/mol. The fourth-order valence-corrected chi connectivity index (χ4v) is 1.09. The minimum absolute atomic E-state index is 0.293. The summed E-state index contributed by atoms with van der Waals surface area (Å²) in [5, 5.41) is 4.19. The van der Waals surface area contributed by atoms with Crippen molar-refractivity contribution < 1.29 is 4.84 Å². The SMILES string of the molecule is O=NOCc1cccs1. The molecule has 0 spiro atoms. The molecule has 9 heavy (non-hydrogen) atoms. The third kappa shape index (κ3) is 1.81. The molecule has 0 bridgehead atoms. The van der Waals surface area contributed by atoms with E-state index in [9.17, 15) is 4.91 Å². The maximum absolute atomic E-state index is 9.43. The van der Waals surface area contributed by atoms with Gasteiger partial charge in [0.1, 0.15) is 0 Å². The van der Waals surface area contributed by atoms with Crippen molar-refractivity contribution in [3.05, 3.63) is 27.3 Å². The maximum Gasteiger partial charge on any atom is 0.155 e. The Morgan fingerprint density at radius 3 is 3.22 bits per heavy atom. The predicted molar refractivity (Wildman–Crippen MR) is 34.9 cm³/mol. The van der Waals surface area contributed by atoms with Crippen LogP contribution in [-0.4, -0.2) is 0 Å². The highest BCUT2D eigenvalue weighted by molar-refractivity contribution is 7.09. The second-order valence-corrected chi connectivity index (χ2v) is 2.46. The lowest BCUT2D eigenvalue weighted by Crippen LogP contribution is -1.78. The van der Waals surface area contributed by atoms with Gasteiger partial charge in [-0.1, -0.05) is 6.07 Å². The summed E-state index contributed by atoms with van der Waals surface area (Å²) in [6, 6.07) is 3.78. The molecule has 0 unspecified atom stereocenters. The van der Waals surface area contributed by atoms with Crippen molar-refractivity contribution in [1.82, 2.24) is 0 Å². The Labute approximate surface area is 56.2 Å². The number of nitrogens with zero attached hydrogens (tertiary/aromatic N) is 1. The summed E-state index contributed by atoms with van der Waals surface area (Å²) in [7, 11) is 0. The molecular formula is C5H5NO2S. The number of hydrogen-bond donors (Lipinski definition) is 0. The molecule has 0 amide bonds. The van der Waals surface area contributed by atoms with Gasteiger partial charge >= 0.3 is 0 Å². The molecule has 1 aromatic rings. The number of thiophene rings is 1. The van der Waals surface area contributed by atoms with Crippen LogP contribution in [0.15, 0.2) is 22.9 Å². The quantitative estimate of drug-likeness (QED) is 0.479. The molecule has 48 valence electrons. The lowest BCUT2D eigenvalue weighted by atomic mass is 10.5. The average Bonchev–Trinajstić information content (AvgIpc) is 2.34. The van der Waals surface area contributed by atoms with Crippen molar-refractivity contribution in [2.45, 2.75) is 6.61 Å². The fraction of sp³-hybridized carbons (Fsp3) is 0.200. The van der Waals surface area contributed by atoms with Gasteiger partial charge in [0.05, 0.1) is 0 Å². The first-order chi connectivity index (χ1) is 4.43. The fourth-order valence-electron chi connectivity index (χ4n) is 0.485. The molecule has 0 aliphatic rings. The van der Waals surface area contributed by atoms with E-state index in [2.05, 4.69) is 10.2 Å². The smallest absolute Gasteiger partial charge is 0.155 e. The van der Waals surface area contributed by atoms with Crippen LogP contribution in [0.25, 0.3) is 0 Å². The van der Waals surface area contributed by atoms with E-state index in [1.807, 2.05) is 17.5 Å². The topological polar surface area (TPSA) is 38.7 Å². The van der Waals surface area contributed by atoms with Gasteiger partial charge in [-0.3, -0.25) is 0 Å². The molecule has 0 radical (unpaired) electrons. The largest absolute Gasteiger partial charge is 0.358 e. The van der Waals surface area contributed by atoms with E-state index in [0.717, 1.165) is 4.88 Å². The molecule has 0 saturated carbocycles. The van der Waals surface area contributed by atoms with E-state index < -0.39 is 0 Å². The highest BCUT2D eigenvalue weighted by Gasteiger charge is 1.90. The summed E-state index contributed by atoms with van der Waals surface area (Å²) in [6.45, 7) is 0.293. The van der Waals surface area contributed by atoms with Gasteiger partial charge in [0, 0.05) is 4.88 Å². The molecule has 0 atom stereocenters. The highest BCUT2D eigenvalue weighted by Crippen LogP contribution is 2.08. The van der Waals surface area contributed by atoms with Crippen molar-refractivity contribution in [2.75, 3.05) is 0 Å². The molecule has 1 heterocycles. The molecule has 0 N–H and O–H groups in total. The van der Waals surface area contributed by atoms with E-state index in [1.165, 1.54) is 11.3 Å². The molecular weight excluding hydrogens is 138 g/mol. The predicted octanol–water partition coefficient (Wildman–Crippen LogP) is 1.95. The molecule has 1 rings (SSSR count). The molecule has 1 aromatic heterocycles. The van der Waals surface area contributed by atoms with Gasteiger partial charge in [-0.25, -0.2) is 0 Å². The lowest BCUT2D eigenvalue weighted by molar-refractivity contribution is 0.128. The second-order valence-electron chi connectivity index (χ2n) is 1.43. The van der Waals surface area contributed by atoms with Crippen molar-refractivity contribution in [1.29, 1.82) is 0 Å². The Kier molecular flexibility index (Phi) is 2.21. The van der Waals surface area contributed by atoms with Crippen LogP contribution in [0.2, 0.25) is 0 Å². The van der Waals surface area contributed by atoms with Gasteiger partial charge in [0.15, 0.2) is 11.9 Å². The molecule has 0 aliphatic heterocycles. The van der Waals surface area contributed by atoms with E-state index in [4.69, 9.17) is 0 Å². The van der Waals surface area contributed by atoms with Crippen molar-refractivity contribution >= 4 is 11.3 Å². The Bertz CT molecular complexity index is 173. The van der Waals surface area contributed by atoms with Crippen LogP contribution < -0.4 is 0 Å². The minimum Gasteiger partial charge on any atom is -0.358 e. The van der Waals surface area contributed by atoms with Crippen LogP contribution in [0.1, 0.15) is 4.88 Å². The first-order valence-corrected chi connectivity index (χ1v) is 3.28. The monoisotopic (exact) mass is 143 g/mol. The lowest BCUT2D eigenvalue weighted by Gasteiger charge is -1.87. The van der Waals surface area contributed by atoms with E-state index in [-0.39, 0.29) is 0 Å². The van der Waals surface area contributed by atoms with Crippen LogP contribution in [-0.2, 0) is 11.4 Å². The zero-order valence-electron chi connectivity index (χ0n) is 4.61. The Morgan fingerprint density at radius 1 is 1.78 bits per heavy atom. The van der Waals surface area contributed by atoms with Crippen LogP contribution in [0.4, 0.5) is 0 Å². The summed E-state index contributed by atoms with van der Waals surface area (Å²) >= 11 is 1.54. The molecule has 0 fully saturated rings. The van der Waals surface area contributed by atoms with Gasteiger partial charge < -0.3 is 4.84 Å². The summed E-state index contributed by atoms with van der Waals surface area (Å²) in [5.41, 5.74) is 0. The second kappa shape index (κ2) is 3.19.